The molecular formula is C33H27ClN4O3S. The minimum absolute atomic E-state index is 0.222. The summed E-state index contributed by atoms with van der Waals surface area (Å²) in [4.78, 5) is 32.5. The molecule has 210 valence electrons. The highest BCUT2D eigenvalue weighted by molar-refractivity contribution is 7.07. The van der Waals surface area contributed by atoms with Gasteiger partial charge in [0.15, 0.2) is 4.80 Å². The smallest absolute Gasteiger partial charge is 0.338 e. The van der Waals surface area contributed by atoms with Crippen LogP contribution in [0.4, 0.5) is 0 Å². The van der Waals surface area contributed by atoms with Crippen LogP contribution in [-0.4, -0.2) is 26.9 Å². The van der Waals surface area contributed by atoms with Gasteiger partial charge in [-0.1, -0.05) is 83.1 Å². The summed E-state index contributed by atoms with van der Waals surface area (Å²) in [5.41, 5.74) is 5.77. The van der Waals surface area contributed by atoms with Gasteiger partial charge in [-0.3, -0.25) is 9.36 Å². The molecule has 0 amide bonds. The molecule has 6 rings (SSSR count). The van der Waals surface area contributed by atoms with Crippen LogP contribution in [0.2, 0.25) is 5.02 Å². The zero-order valence-corrected chi connectivity index (χ0v) is 24.8. The normalized spacial score (nSPS) is 15.0. The van der Waals surface area contributed by atoms with Crippen LogP contribution in [-0.2, 0) is 9.53 Å². The minimum atomic E-state index is -0.661. The number of hydrogen-bond donors (Lipinski definition) is 0. The molecule has 0 radical (unpaired) electrons. The van der Waals surface area contributed by atoms with Crippen molar-refractivity contribution in [3.63, 3.8) is 0 Å². The lowest BCUT2D eigenvalue weighted by molar-refractivity contribution is -0.139. The molecule has 9 heteroatoms. The van der Waals surface area contributed by atoms with Gasteiger partial charge < -0.3 is 4.74 Å². The summed E-state index contributed by atoms with van der Waals surface area (Å²) in [6.07, 6.45) is 3.75. The number of fused-ring (bicyclic) bond motifs is 1. The van der Waals surface area contributed by atoms with E-state index in [2.05, 4.69) is 0 Å². The van der Waals surface area contributed by atoms with E-state index >= 15 is 0 Å². The molecule has 0 spiro atoms. The molecule has 0 saturated heterocycles. The fourth-order valence-corrected chi connectivity index (χ4v) is 6.20. The third-order valence-corrected chi connectivity index (χ3v) is 8.31. The quantitative estimate of drug-likeness (QED) is 0.239. The summed E-state index contributed by atoms with van der Waals surface area (Å²) < 4.78 is 9.28. The number of carbonyl (C=O) groups excluding carboxylic acids is 1. The first-order chi connectivity index (χ1) is 20.3. The molecule has 1 atom stereocenters. The maximum absolute atomic E-state index is 14.1. The fraction of sp³-hybridized carbons (Fsp3) is 0.152. The van der Waals surface area contributed by atoms with Gasteiger partial charge in [0.2, 0.25) is 0 Å². The molecule has 3 heterocycles. The molecule has 7 nitrogen and oxygen atoms in total. The maximum Gasteiger partial charge on any atom is 0.338 e. The molecule has 0 saturated carbocycles. The summed E-state index contributed by atoms with van der Waals surface area (Å²) in [7, 11) is 0. The number of nitrogens with zero attached hydrogens (tertiary/aromatic N) is 4. The number of esters is 1. The first kappa shape index (κ1) is 27.6. The maximum atomic E-state index is 14.1. The number of carbonyl (C=O) groups is 1. The lowest BCUT2D eigenvalue weighted by Gasteiger charge is -2.24. The Morgan fingerprint density at radius 1 is 1.02 bits per heavy atom. The van der Waals surface area contributed by atoms with Crippen LogP contribution in [0, 0.1) is 6.92 Å². The van der Waals surface area contributed by atoms with Crippen molar-refractivity contribution >= 4 is 35.0 Å². The number of ether oxygens (including phenoxy) is 1. The lowest BCUT2D eigenvalue weighted by atomic mass is 9.95. The predicted molar refractivity (Wildman–Crippen MR) is 166 cm³/mol. The zero-order valence-electron chi connectivity index (χ0n) is 23.2. The average molecular weight is 595 g/mol. The van der Waals surface area contributed by atoms with Crippen molar-refractivity contribution in [1.29, 1.82) is 0 Å². The molecule has 1 aliphatic rings. The Morgan fingerprint density at radius 3 is 2.43 bits per heavy atom. The number of allylic oxidation sites excluding steroid dienone is 1. The van der Waals surface area contributed by atoms with Crippen molar-refractivity contribution in [2.24, 2.45) is 4.99 Å². The van der Waals surface area contributed by atoms with E-state index in [9.17, 15) is 9.59 Å². The highest BCUT2D eigenvalue weighted by Crippen LogP contribution is 2.31. The van der Waals surface area contributed by atoms with Crippen molar-refractivity contribution < 1.29 is 9.53 Å². The molecule has 0 bridgehead atoms. The van der Waals surface area contributed by atoms with E-state index in [1.54, 1.807) is 23.1 Å². The van der Waals surface area contributed by atoms with Gasteiger partial charge in [0.25, 0.3) is 5.56 Å². The number of aromatic nitrogens is 3. The lowest BCUT2D eigenvalue weighted by Crippen LogP contribution is -2.39. The molecular weight excluding hydrogens is 568 g/mol. The Balaban J connectivity index is 1.56. The second-order valence-corrected chi connectivity index (χ2v) is 11.4. The van der Waals surface area contributed by atoms with Crippen LogP contribution >= 0.6 is 22.9 Å². The molecule has 0 N–H and O–H groups in total. The zero-order chi connectivity index (χ0) is 29.4. The first-order valence-corrected chi connectivity index (χ1v) is 14.7. The summed E-state index contributed by atoms with van der Waals surface area (Å²) >= 11 is 7.45. The van der Waals surface area contributed by atoms with Gasteiger partial charge in [-0.15, -0.1) is 0 Å². The predicted octanol–water partition coefficient (Wildman–Crippen LogP) is 5.61. The van der Waals surface area contributed by atoms with Crippen molar-refractivity contribution in [2.75, 3.05) is 6.61 Å². The van der Waals surface area contributed by atoms with Crippen LogP contribution in [0.3, 0.4) is 0 Å². The standard InChI is InChI=1S/C33H27ClN4O3S/c1-4-41-32(40)28-21(3)35-33-38(30(28)23-12-10-20(2)11-13-23)31(39)27(42-33)18-24-19-37(26-8-6-5-7-9-26)36-29(24)22-14-16-25(34)17-15-22/h5-19,30H,4H2,1-3H3/t30-/m0/s1. The second-order valence-electron chi connectivity index (χ2n) is 9.93. The summed E-state index contributed by atoms with van der Waals surface area (Å²) in [5.74, 6) is -0.479. The number of rotatable bonds is 6. The van der Waals surface area contributed by atoms with Crippen LogP contribution < -0.4 is 14.9 Å². The molecule has 1 aliphatic heterocycles. The Labute approximate surface area is 251 Å². The number of para-hydroxylation sites is 1. The third kappa shape index (κ3) is 5.15. The Kier molecular flexibility index (Phi) is 7.49. The number of benzene rings is 3. The van der Waals surface area contributed by atoms with Gasteiger partial charge in [-0.05, 0) is 56.7 Å². The van der Waals surface area contributed by atoms with E-state index in [1.165, 1.54) is 11.3 Å². The molecule has 42 heavy (non-hydrogen) atoms. The van der Waals surface area contributed by atoms with E-state index < -0.39 is 12.0 Å². The monoisotopic (exact) mass is 594 g/mol. The Bertz CT molecular complexity index is 2000. The second kappa shape index (κ2) is 11.4. The minimum Gasteiger partial charge on any atom is -0.463 e. The molecule has 3 aromatic carbocycles. The topological polar surface area (TPSA) is 78.5 Å². The van der Waals surface area contributed by atoms with Gasteiger partial charge in [0, 0.05) is 22.3 Å². The van der Waals surface area contributed by atoms with Crippen LogP contribution in [0.1, 0.15) is 36.6 Å². The SMILES string of the molecule is CCOC(=O)C1=C(C)N=c2sc(=Cc3cn(-c4ccccc4)nc3-c3ccc(Cl)cc3)c(=O)n2[C@H]1c1ccc(C)cc1. The van der Waals surface area contributed by atoms with Crippen molar-refractivity contribution in [1.82, 2.24) is 14.3 Å². The van der Waals surface area contributed by atoms with Gasteiger partial charge in [0.1, 0.15) is 5.69 Å². The van der Waals surface area contributed by atoms with Crippen molar-refractivity contribution in [3.05, 3.63) is 138 Å². The summed E-state index contributed by atoms with van der Waals surface area (Å²) in [5, 5.41) is 5.50. The Morgan fingerprint density at radius 2 is 1.74 bits per heavy atom. The summed E-state index contributed by atoms with van der Waals surface area (Å²) in [6, 6.07) is 24.4. The van der Waals surface area contributed by atoms with Gasteiger partial charge in [0.05, 0.1) is 34.1 Å². The summed E-state index contributed by atoms with van der Waals surface area (Å²) in [6.45, 7) is 5.76. The first-order valence-electron chi connectivity index (χ1n) is 13.5. The Hall–Kier alpha value is -4.53. The van der Waals surface area contributed by atoms with E-state index in [1.807, 2.05) is 98.1 Å². The number of halogens is 1. The van der Waals surface area contributed by atoms with E-state index in [-0.39, 0.29) is 12.2 Å². The van der Waals surface area contributed by atoms with Crippen LogP contribution in [0.5, 0.6) is 0 Å². The van der Waals surface area contributed by atoms with Gasteiger partial charge in [-0.25, -0.2) is 14.5 Å². The third-order valence-electron chi connectivity index (χ3n) is 7.08. The van der Waals surface area contributed by atoms with Crippen molar-refractivity contribution in [3.8, 4) is 16.9 Å². The highest BCUT2D eigenvalue weighted by Gasteiger charge is 2.33. The van der Waals surface area contributed by atoms with Crippen molar-refractivity contribution in [2.45, 2.75) is 26.8 Å². The molecule has 0 fully saturated rings. The van der Waals surface area contributed by atoms with E-state index in [0.29, 0.717) is 31.3 Å². The van der Waals surface area contributed by atoms with Gasteiger partial charge >= 0.3 is 5.97 Å². The number of aryl methyl sites for hydroxylation is 1. The van der Waals surface area contributed by atoms with E-state index in [4.69, 9.17) is 26.4 Å². The molecule has 0 aliphatic carbocycles. The number of hydrogen-bond acceptors (Lipinski definition) is 6. The van der Waals surface area contributed by atoms with Crippen LogP contribution in [0.15, 0.2) is 106 Å². The fourth-order valence-electron chi connectivity index (χ4n) is 5.03. The molecule has 5 aromatic rings. The average Bonchev–Trinajstić information content (AvgIpc) is 3.54. The molecule has 2 aromatic heterocycles. The largest absolute Gasteiger partial charge is 0.463 e. The van der Waals surface area contributed by atoms with Gasteiger partial charge in [-0.2, -0.15) is 5.10 Å². The number of thiazole rings is 1. The molecule has 0 unspecified atom stereocenters. The highest BCUT2D eigenvalue weighted by atomic mass is 35.5. The van der Waals surface area contributed by atoms with Crippen LogP contribution in [0.25, 0.3) is 23.0 Å². The van der Waals surface area contributed by atoms with E-state index in [0.717, 1.165) is 27.9 Å².